The molecule has 2 aromatic rings. The summed E-state index contributed by atoms with van der Waals surface area (Å²) < 4.78 is 5.15. The van der Waals surface area contributed by atoms with Crippen molar-refractivity contribution in [3.63, 3.8) is 0 Å². The summed E-state index contributed by atoms with van der Waals surface area (Å²) in [6.45, 7) is 4.14. The second-order valence-electron chi connectivity index (χ2n) is 3.45. The molecule has 2 heteroatoms. The molecule has 0 atom stereocenters. The fourth-order valence-electron chi connectivity index (χ4n) is 1.64. The minimum Gasteiger partial charge on any atom is -0.481 e. The van der Waals surface area contributed by atoms with Crippen LogP contribution in [0.3, 0.4) is 0 Å². The Morgan fingerprint density at radius 3 is 2.64 bits per heavy atom. The molecule has 0 saturated heterocycles. The van der Waals surface area contributed by atoms with Crippen LogP contribution in [0.4, 0.5) is 0 Å². The molecule has 2 rings (SSSR count). The molecule has 0 aliphatic rings. The molecular weight excluding hydrogens is 174 g/mol. The third-order valence-electron chi connectivity index (χ3n) is 2.43. The summed E-state index contributed by atoms with van der Waals surface area (Å²) in [5.41, 5.74) is 3.42. The van der Waals surface area contributed by atoms with Gasteiger partial charge in [0, 0.05) is 11.5 Å². The van der Waals surface area contributed by atoms with E-state index in [1.165, 1.54) is 16.5 Å². The van der Waals surface area contributed by atoms with Gasteiger partial charge in [-0.15, -0.1) is 0 Å². The van der Waals surface area contributed by atoms with Crippen molar-refractivity contribution in [2.75, 3.05) is 7.11 Å². The number of methoxy groups -OCH3 is 1. The molecule has 14 heavy (non-hydrogen) atoms. The molecule has 0 bridgehead atoms. The number of benzene rings is 1. The van der Waals surface area contributed by atoms with E-state index in [2.05, 4.69) is 37.0 Å². The van der Waals surface area contributed by atoms with Crippen LogP contribution in [0.5, 0.6) is 5.88 Å². The smallest absolute Gasteiger partial charge is 0.213 e. The predicted octanol–water partition coefficient (Wildman–Crippen LogP) is 2.86. The first kappa shape index (κ1) is 9.00. The van der Waals surface area contributed by atoms with Crippen molar-refractivity contribution in [1.82, 2.24) is 4.98 Å². The molecule has 0 amide bonds. The van der Waals surface area contributed by atoms with E-state index in [1.54, 1.807) is 7.11 Å². The average molecular weight is 187 g/mol. The van der Waals surface area contributed by atoms with Crippen LogP contribution in [0.2, 0.25) is 0 Å². The second kappa shape index (κ2) is 3.29. The monoisotopic (exact) mass is 187 g/mol. The van der Waals surface area contributed by atoms with Crippen molar-refractivity contribution in [2.24, 2.45) is 0 Å². The van der Waals surface area contributed by atoms with Crippen LogP contribution in [0.25, 0.3) is 10.9 Å². The molecule has 0 unspecified atom stereocenters. The maximum absolute atomic E-state index is 5.15. The van der Waals surface area contributed by atoms with Crippen LogP contribution in [-0.2, 0) is 0 Å². The number of hydrogen-bond donors (Lipinski definition) is 0. The topological polar surface area (TPSA) is 22.1 Å². The van der Waals surface area contributed by atoms with Crippen molar-refractivity contribution >= 4 is 10.9 Å². The maximum atomic E-state index is 5.15. The number of para-hydroxylation sites is 1. The molecule has 0 saturated carbocycles. The Morgan fingerprint density at radius 2 is 1.93 bits per heavy atom. The van der Waals surface area contributed by atoms with Gasteiger partial charge in [0.2, 0.25) is 5.88 Å². The van der Waals surface area contributed by atoms with Crippen LogP contribution in [0, 0.1) is 13.8 Å². The van der Waals surface area contributed by atoms with E-state index >= 15 is 0 Å². The molecule has 1 aromatic carbocycles. The van der Waals surface area contributed by atoms with Crippen LogP contribution < -0.4 is 4.74 Å². The zero-order valence-corrected chi connectivity index (χ0v) is 8.66. The van der Waals surface area contributed by atoms with Crippen LogP contribution >= 0.6 is 0 Å². The van der Waals surface area contributed by atoms with E-state index in [-0.39, 0.29) is 0 Å². The van der Waals surface area contributed by atoms with Gasteiger partial charge in [-0.1, -0.05) is 18.2 Å². The van der Waals surface area contributed by atoms with Gasteiger partial charge in [0.1, 0.15) is 0 Å². The lowest BCUT2D eigenvalue weighted by Crippen LogP contribution is -1.92. The maximum Gasteiger partial charge on any atom is 0.213 e. The number of hydrogen-bond acceptors (Lipinski definition) is 2. The first-order chi connectivity index (χ1) is 6.72. The molecule has 0 spiro atoms. The van der Waals surface area contributed by atoms with Gasteiger partial charge >= 0.3 is 0 Å². The Balaban J connectivity index is 2.83. The largest absolute Gasteiger partial charge is 0.481 e. The van der Waals surface area contributed by atoms with Gasteiger partial charge in [0.15, 0.2) is 0 Å². The molecule has 1 aromatic heterocycles. The molecule has 72 valence electrons. The highest BCUT2D eigenvalue weighted by Crippen LogP contribution is 2.23. The minimum atomic E-state index is 0.685. The molecule has 0 radical (unpaired) electrons. The summed E-state index contributed by atoms with van der Waals surface area (Å²) in [5.74, 6) is 0.685. The number of nitrogens with zero attached hydrogens (tertiary/aromatic N) is 1. The van der Waals surface area contributed by atoms with Gasteiger partial charge in [0.25, 0.3) is 0 Å². The lowest BCUT2D eigenvalue weighted by Gasteiger charge is -2.06. The molecule has 1 heterocycles. The molecular formula is C12H13NO. The van der Waals surface area contributed by atoms with Crippen LogP contribution in [0.1, 0.15) is 11.1 Å². The fourth-order valence-corrected chi connectivity index (χ4v) is 1.64. The van der Waals surface area contributed by atoms with Gasteiger partial charge in [0.05, 0.1) is 12.6 Å². The first-order valence-corrected chi connectivity index (χ1v) is 4.63. The van der Waals surface area contributed by atoms with Gasteiger partial charge in [-0.25, -0.2) is 4.98 Å². The second-order valence-corrected chi connectivity index (χ2v) is 3.45. The Labute approximate surface area is 83.5 Å². The van der Waals surface area contributed by atoms with Crippen LogP contribution in [0.15, 0.2) is 24.3 Å². The summed E-state index contributed by atoms with van der Waals surface area (Å²) in [6.07, 6.45) is 0. The molecule has 0 fully saturated rings. The lowest BCUT2D eigenvalue weighted by atomic mass is 10.1. The highest BCUT2D eigenvalue weighted by atomic mass is 16.5. The van der Waals surface area contributed by atoms with Gasteiger partial charge in [-0.2, -0.15) is 0 Å². The number of aryl methyl sites for hydroxylation is 2. The van der Waals surface area contributed by atoms with E-state index in [0.29, 0.717) is 5.88 Å². The Kier molecular flexibility index (Phi) is 2.12. The summed E-state index contributed by atoms with van der Waals surface area (Å²) in [5, 5.41) is 1.20. The average Bonchev–Trinajstić information content (AvgIpc) is 2.19. The van der Waals surface area contributed by atoms with E-state index in [0.717, 1.165) is 5.52 Å². The number of rotatable bonds is 1. The quantitative estimate of drug-likeness (QED) is 0.684. The third kappa shape index (κ3) is 1.33. The standard InChI is InChI=1S/C12H13NO/c1-8-5-4-6-10-9(2)7-11(14-3)13-12(8)10/h4-7H,1-3H3. The highest BCUT2D eigenvalue weighted by Gasteiger charge is 2.03. The SMILES string of the molecule is COc1cc(C)c2cccc(C)c2n1. The van der Waals surface area contributed by atoms with Crippen molar-refractivity contribution in [2.45, 2.75) is 13.8 Å². The van der Waals surface area contributed by atoms with Crippen molar-refractivity contribution in [3.8, 4) is 5.88 Å². The summed E-state index contributed by atoms with van der Waals surface area (Å²) >= 11 is 0. The van der Waals surface area contributed by atoms with Crippen molar-refractivity contribution in [3.05, 3.63) is 35.4 Å². The Morgan fingerprint density at radius 1 is 1.14 bits per heavy atom. The molecule has 0 aliphatic carbocycles. The number of fused-ring (bicyclic) bond motifs is 1. The third-order valence-corrected chi connectivity index (χ3v) is 2.43. The van der Waals surface area contributed by atoms with E-state index in [4.69, 9.17) is 4.74 Å². The van der Waals surface area contributed by atoms with E-state index in [1.807, 2.05) is 6.07 Å². The zero-order valence-electron chi connectivity index (χ0n) is 8.66. The summed E-state index contributed by atoms with van der Waals surface area (Å²) in [6, 6.07) is 8.17. The van der Waals surface area contributed by atoms with Crippen molar-refractivity contribution < 1.29 is 4.74 Å². The lowest BCUT2D eigenvalue weighted by molar-refractivity contribution is 0.399. The van der Waals surface area contributed by atoms with Gasteiger partial charge in [-0.3, -0.25) is 0 Å². The van der Waals surface area contributed by atoms with Crippen molar-refractivity contribution in [1.29, 1.82) is 0 Å². The normalized spacial score (nSPS) is 10.5. The Hall–Kier alpha value is -1.57. The highest BCUT2D eigenvalue weighted by molar-refractivity contribution is 5.85. The predicted molar refractivity (Wildman–Crippen MR) is 57.8 cm³/mol. The zero-order chi connectivity index (χ0) is 10.1. The number of aromatic nitrogens is 1. The molecule has 0 aliphatic heterocycles. The van der Waals surface area contributed by atoms with Gasteiger partial charge < -0.3 is 4.74 Å². The number of ether oxygens (including phenoxy) is 1. The molecule has 2 nitrogen and oxygen atoms in total. The fraction of sp³-hybridized carbons (Fsp3) is 0.250. The minimum absolute atomic E-state index is 0.685. The number of pyridine rings is 1. The summed E-state index contributed by atoms with van der Waals surface area (Å²) in [7, 11) is 1.64. The van der Waals surface area contributed by atoms with Gasteiger partial charge in [-0.05, 0) is 25.0 Å². The summed E-state index contributed by atoms with van der Waals surface area (Å²) in [4.78, 5) is 4.43. The van der Waals surface area contributed by atoms with Crippen LogP contribution in [-0.4, -0.2) is 12.1 Å². The Bertz CT molecular complexity index is 477. The first-order valence-electron chi connectivity index (χ1n) is 4.63. The van der Waals surface area contributed by atoms with E-state index in [9.17, 15) is 0 Å². The van der Waals surface area contributed by atoms with E-state index < -0.39 is 0 Å². The molecule has 0 N–H and O–H groups in total.